The second kappa shape index (κ2) is 5.58. The standard InChI is InChI=1S/C18H25NO.BrH/c1-2-19-10-9-18-8-4-3-5-15(18)17(19)11-13-6-7-14(20)12-16(13)18;/h6-7,12,15,17,20H,2-5,8-11H2,1H3;1H/t15-,17-,18+;/m0./s1. The normalized spacial score (nSPS) is 34.5. The Balaban J connectivity index is 0.00000132. The first kappa shape index (κ1) is 15.4. The first-order chi connectivity index (χ1) is 9.74. The van der Waals surface area contributed by atoms with Crippen LogP contribution in [0.1, 0.15) is 50.2 Å². The van der Waals surface area contributed by atoms with Gasteiger partial charge in [0, 0.05) is 11.5 Å². The first-order valence-electron chi connectivity index (χ1n) is 8.31. The summed E-state index contributed by atoms with van der Waals surface area (Å²) in [7, 11) is 0. The summed E-state index contributed by atoms with van der Waals surface area (Å²) in [6.45, 7) is 4.74. The molecule has 0 radical (unpaired) electrons. The number of likely N-dealkylation sites (tertiary alicyclic amines) is 1. The zero-order chi connectivity index (χ0) is 13.7. The van der Waals surface area contributed by atoms with E-state index in [2.05, 4.69) is 24.0 Å². The summed E-state index contributed by atoms with van der Waals surface area (Å²) in [4.78, 5) is 2.71. The fourth-order valence-electron chi connectivity index (χ4n) is 5.47. The number of phenols is 1. The number of hydrogen-bond donors (Lipinski definition) is 1. The van der Waals surface area contributed by atoms with E-state index < -0.39 is 0 Å². The van der Waals surface area contributed by atoms with Crippen molar-refractivity contribution in [3.63, 3.8) is 0 Å². The minimum Gasteiger partial charge on any atom is -0.508 e. The highest BCUT2D eigenvalue weighted by Gasteiger charge is 2.53. The average molecular weight is 352 g/mol. The summed E-state index contributed by atoms with van der Waals surface area (Å²) in [6, 6.07) is 6.89. The summed E-state index contributed by atoms with van der Waals surface area (Å²) in [5, 5.41) is 9.96. The van der Waals surface area contributed by atoms with Crippen molar-refractivity contribution in [2.45, 2.75) is 56.9 Å². The van der Waals surface area contributed by atoms with Crippen molar-refractivity contribution in [2.24, 2.45) is 5.92 Å². The first-order valence-corrected chi connectivity index (χ1v) is 8.31. The van der Waals surface area contributed by atoms with Crippen LogP contribution in [0.15, 0.2) is 18.2 Å². The third-order valence-corrected chi connectivity index (χ3v) is 6.34. The van der Waals surface area contributed by atoms with Crippen LogP contribution in [0.5, 0.6) is 5.75 Å². The fourth-order valence-corrected chi connectivity index (χ4v) is 5.47. The molecule has 0 unspecified atom stereocenters. The zero-order valence-electron chi connectivity index (χ0n) is 12.8. The number of phenolic OH excluding ortho intramolecular Hbond substituents is 1. The van der Waals surface area contributed by atoms with Gasteiger partial charge in [0.25, 0.3) is 0 Å². The van der Waals surface area contributed by atoms with E-state index >= 15 is 0 Å². The van der Waals surface area contributed by atoms with Crippen molar-refractivity contribution in [3.8, 4) is 5.75 Å². The van der Waals surface area contributed by atoms with Gasteiger partial charge >= 0.3 is 0 Å². The minimum absolute atomic E-state index is 0. The third-order valence-electron chi connectivity index (χ3n) is 6.34. The third kappa shape index (κ3) is 2.16. The van der Waals surface area contributed by atoms with Crippen molar-refractivity contribution in [1.82, 2.24) is 4.90 Å². The van der Waals surface area contributed by atoms with Crippen LogP contribution in [-0.2, 0) is 11.8 Å². The highest BCUT2D eigenvalue weighted by Crippen LogP contribution is 2.56. The molecule has 1 aromatic carbocycles. The van der Waals surface area contributed by atoms with E-state index in [1.54, 1.807) is 0 Å². The molecule has 3 heteroatoms. The molecule has 2 aliphatic carbocycles. The molecule has 1 N–H and O–H groups in total. The summed E-state index contributed by atoms with van der Waals surface area (Å²) < 4.78 is 0. The number of benzene rings is 1. The van der Waals surface area contributed by atoms with Gasteiger partial charge in [-0.25, -0.2) is 0 Å². The number of piperidine rings is 1. The van der Waals surface area contributed by atoms with Crippen LogP contribution >= 0.6 is 17.0 Å². The Hall–Kier alpha value is -0.540. The quantitative estimate of drug-likeness (QED) is 0.824. The maximum absolute atomic E-state index is 9.96. The Kier molecular flexibility index (Phi) is 4.08. The Morgan fingerprint density at radius 2 is 2.14 bits per heavy atom. The van der Waals surface area contributed by atoms with Gasteiger partial charge in [-0.3, -0.25) is 4.90 Å². The lowest BCUT2D eigenvalue weighted by molar-refractivity contribution is -0.00847. The predicted octanol–water partition coefficient (Wildman–Crippen LogP) is 4.05. The zero-order valence-corrected chi connectivity index (χ0v) is 14.6. The topological polar surface area (TPSA) is 23.5 Å². The molecule has 4 rings (SSSR count). The van der Waals surface area contributed by atoms with E-state index in [-0.39, 0.29) is 17.0 Å². The summed E-state index contributed by atoms with van der Waals surface area (Å²) in [5.74, 6) is 1.28. The molecule has 0 aromatic heterocycles. The van der Waals surface area contributed by atoms with Crippen LogP contribution in [-0.4, -0.2) is 29.1 Å². The van der Waals surface area contributed by atoms with Crippen LogP contribution in [0, 0.1) is 5.92 Å². The molecule has 1 aromatic rings. The maximum Gasteiger partial charge on any atom is 0.115 e. The molecule has 2 fully saturated rings. The van der Waals surface area contributed by atoms with Crippen molar-refractivity contribution in [2.75, 3.05) is 13.1 Å². The Morgan fingerprint density at radius 3 is 2.95 bits per heavy atom. The molecule has 116 valence electrons. The van der Waals surface area contributed by atoms with Crippen molar-refractivity contribution >= 4 is 17.0 Å². The number of aromatic hydroxyl groups is 1. The molecule has 3 aliphatic rings. The van der Waals surface area contributed by atoms with E-state index in [0.29, 0.717) is 11.2 Å². The van der Waals surface area contributed by atoms with E-state index in [9.17, 15) is 5.11 Å². The summed E-state index contributed by atoms with van der Waals surface area (Å²) in [5.41, 5.74) is 3.37. The molecule has 1 saturated carbocycles. The molecule has 2 bridgehead atoms. The van der Waals surface area contributed by atoms with Gasteiger partial charge < -0.3 is 5.11 Å². The van der Waals surface area contributed by atoms with Crippen LogP contribution in [0.3, 0.4) is 0 Å². The highest BCUT2D eigenvalue weighted by atomic mass is 79.9. The lowest BCUT2D eigenvalue weighted by Crippen LogP contribution is -2.60. The Labute approximate surface area is 138 Å². The van der Waals surface area contributed by atoms with E-state index in [0.717, 1.165) is 12.0 Å². The van der Waals surface area contributed by atoms with Gasteiger partial charge in [-0.05, 0) is 68.0 Å². The van der Waals surface area contributed by atoms with Crippen LogP contribution in [0.2, 0.25) is 0 Å². The molecule has 0 spiro atoms. The van der Waals surface area contributed by atoms with Crippen molar-refractivity contribution in [1.29, 1.82) is 0 Å². The summed E-state index contributed by atoms with van der Waals surface area (Å²) >= 11 is 0. The molecule has 1 saturated heterocycles. The van der Waals surface area contributed by atoms with E-state index in [1.165, 1.54) is 62.7 Å². The number of rotatable bonds is 1. The van der Waals surface area contributed by atoms with Crippen LogP contribution in [0.4, 0.5) is 0 Å². The molecule has 3 atom stereocenters. The van der Waals surface area contributed by atoms with Gasteiger partial charge in [-0.2, -0.15) is 0 Å². The Morgan fingerprint density at radius 1 is 1.29 bits per heavy atom. The summed E-state index contributed by atoms with van der Waals surface area (Å²) in [6.07, 6.45) is 7.96. The average Bonchev–Trinajstić information content (AvgIpc) is 2.48. The van der Waals surface area contributed by atoms with Gasteiger partial charge in [0.2, 0.25) is 0 Å². The molecule has 21 heavy (non-hydrogen) atoms. The number of nitrogens with zero attached hydrogens (tertiary/aromatic N) is 1. The van der Waals surface area contributed by atoms with E-state index in [4.69, 9.17) is 0 Å². The smallest absolute Gasteiger partial charge is 0.115 e. The molecule has 1 aliphatic heterocycles. The molecule has 2 nitrogen and oxygen atoms in total. The van der Waals surface area contributed by atoms with Crippen LogP contribution < -0.4 is 0 Å². The van der Waals surface area contributed by atoms with Gasteiger partial charge in [-0.15, -0.1) is 17.0 Å². The maximum atomic E-state index is 9.96. The number of fused-ring (bicyclic) bond motifs is 1. The number of likely N-dealkylation sites (N-methyl/N-ethyl adjacent to an activating group) is 1. The minimum atomic E-state index is 0. The van der Waals surface area contributed by atoms with Crippen molar-refractivity contribution in [3.05, 3.63) is 29.3 Å². The van der Waals surface area contributed by atoms with Crippen LogP contribution in [0.25, 0.3) is 0 Å². The monoisotopic (exact) mass is 351 g/mol. The molecule has 1 heterocycles. The van der Waals surface area contributed by atoms with Crippen molar-refractivity contribution < 1.29 is 5.11 Å². The lowest BCUT2D eigenvalue weighted by Gasteiger charge is -2.59. The predicted molar refractivity (Wildman–Crippen MR) is 91.4 cm³/mol. The molecular weight excluding hydrogens is 326 g/mol. The lowest BCUT2D eigenvalue weighted by atomic mass is 9.52. The van der Waals surface area contributed by atoms with E-state index in [1.807, 2.05) is 6.07 Å². The highest BCUT2D eigenvalue weighted by molar-refractivity contribution is 8.93. The second-order valence-electron chi connectivity index (χ2n) is 7.00. The second-order valence-corrected chi connectivity index (χ2v) is 7.00. The number of halogens is 1. The van der Waals surface area contributed by atoms with Gasteiger partial charge in [-0.1, -0.05) is 25.8 Å². The number of hydrogen-bond acceptors (Lipinski definition) is 2. The van der Waals surface area contributed by atoms with Gasteiger partial charge in [0.1, 0.15) is 5.75 Å². The molecule has 0 amide bonds. The SMILES string of the molecule is Br.CCN1CC[C@]23CCCC[C@H]2[C@@H]1Cc1ccc(O)cc13. The Bertz CT molecular complexity index is 532. The van der Waals surface area contributed by atoms with Gasteiger partial charge in [0.05, 0.1) is 0 Å². The van der Waals surface area contributed by atoms with Gasteiger partial charge in [0.15, 0.2) is 0 Å². The fraction of sp³-hybridized carbons (Fsp3) is 0.667. The molecular formula is C18H26BrNO. The largest absolute Gasteiger partial charge is 0.508 e.